The Morgan fingerprint density at radius 2 is 2.09 bits per heavy atom. The number of nitrogens with zero attached hydrogens (tertiary/aromatic N) is 2. The van der Waals surface area contributed by atoms with Crippen LogP contribution in [0.3, 0.4) is 0 Å². The molecule has 23 heavy (non-hydrogen) atoms. The molecule has 1 aromatic rings. The van der Waals surface area contributed by atoms with Crippen molar-refractivity contribution in [3.63, 3.8) is 0 Å². The van der Waals surface area contributed by atoms with Gasteiger partial charge in [-0.1, -0.05) is 19.3 Å². The molecule has 1 aromatic heterocycles. The smallest absolute Gasteiger partial charge is 0.285 e. The third-order valence-electron chi connectivity index (χ3n) is 4.31. The number of hydrogen-bond donors (Lipinski definition) is 2. The molecule has 0 saturated heterocycles. The predicted molar refractivity (Wildman–Crippen MR) is 84.9 cm³/mol. The van der Waals surface area contributed by atoms with Crippen molar-refractivity contribution in [3.8, 4) is 0 Å². The third kappa shape index (κ3) is 4.62. The van der Waals surface area contributed by atoms with Crippen LogP contribution in [0.25, 0.3) is 0 Å². The van der Waals surface area contributed by atoms with Crippen molar-refractivity contribution in [1.29, 1.82) is 0 Å². The number of pyridine rings is 1. The molecule has 1 heterocycles. The lowest BCUT2D eigenvalue weighted by atomic mass is 9.84. The lowest BCUT2D eigenvalue weighted by molar-refractivity contribution is -0.385. The molecule has 126 valence electrons. The molecule has 1 saturated carbocycles. The van der Waals surface area contributed by atoms with Crippen LogP contribution in [0.2, 0.25) is 0 Å². The average Bonchev–Trinajstić information content (AvgIpc) is 2.55. The summed E-state index contributed by atoms with van der Waals surface area (Å²) >= 11 is 0. The van der Waals surface area contributed by atoms with Gasteiger partial charge >= 0.3 is 0 Å². The fourth-order valence-electron chi connectivity index (χ4n) is 3.06. The van der Waals surface area contributed by atoms with Crippen LogP contribution in [0, 0.1) is 16.0 Å². The quantitative estimate of drug-likeness (QED) is 0.592. The number of rotatable bonds is 6. The summed E-state index contributed by atoms with van der Waals surface area (Å²) in [6.07, 6.45) is 6.66. The van der Waals surface area contributed by atoms with Gasteiger partial charge in [-0.2, -0.15) is 0 Å². The summed E-state index contributed by atoms with van der Waals surface area (Å²) in [6.45, 7) is 0.101. The summed E-state index contributed by atoms with van der Waals surface area (Å²) in [5.41, 5.74) is 5.09. The summed E-state index contributed by atoms with van der Waals surface area (Å²) in [6, 6.07) is 2.10. The highest BCUT2D eigenvalue weighted by Gasteiger charge is 2.24. The maximum Gasteiger partial charge on any atom is 0.285 e. The molecule has 0 aromatic carbocycles. The summed E-state index contributed by atoms with van der Waals surface area (Å²) in [4.78, 5) is 34.0. The Morgan fingerprint density at radius 3 is 2.70 bits per heavy atom. The summed E-state index contributed by atoms with van der Waals surface area (Å²) in [5, 5.41) is 13.6. The van der Waals surface area contributed by atoms with Crippen LogP contribution < -0.4 is 16.6 Å². The lowest BCUT2D eigenvalue weighted by Gasteiger charge is -2.30. The Bertz CT molecular complexity index is 622. The zero-order chi connectivity index (χ0) is 16.8. The van der Waals surface area contributed by atoms with E-state index < -0.39 is 10.5 Å². The first-order chi connectivity index (χ1) is 11.0. The molecular weight excluding hydrogens is 300 g/mol. The van der Waals surface area contributed by atoms with Crippen LogP contribution in [0.1, 0.15) is 32.1 Å². The van der Waals surface area contributed by atoms with Gasteiger partial charge in [-0.05, 0) is 18.8 Å². The molecule has 0 bridgehead atoms. The van der Waals surface area contributed by atoms with Crippen molar-refractivity contribution in [1.82, 2.24) is 9.88 Å². The summed E-state index contributed by atoms with van der Waals surface area (Å²) in [5.74, 6) is 0.00755. The molecule has 1 fully saturated rings. The second-order valence-corrected chi connectivity index (χ2v) is 5.92. The molecule has 1 amide bonds. The normalized spacial score (nSPS) is 16.7. The Hall–Kier alpha value is -2.22. The van der Waals surface area contributed by atoms with Crippen molar-refractivity contribution < 1.29 is 9.72 Å². The molecule has 0 radical (unpaired) electrons. The van der Waals surface area contributed by atoms with Gasteiger partial charge in [0.05, 0.1) is 11.1 Å². The molecule has 8 heteroatoms. The zero-order valence-corrected chi connectivity index (χ0v) is 12.9. The van der Waals surface area contributed by atoms with Gasteiger partial charge in [0, 0.05) is 24.7 Å². The first kappa shape index (κ1) is 17.1. The number of carbonyl (C=O) groups is 1. The summed E-state index contributed by atoms with van der Waals surface area (Å²) in [7, 11) is 0. The van der Waals surface area contributed by atoms with E-state index in [1.807, 2.05) is 0 Å². The molecular formula is C15H22N4O4. The van der Waals surface area contributed by atoms with Gasteiger partial charge in [-0.15, -0.1) is 0 Å². The fraction of sp³-hybridized carbons (Fsp3) is 0.600. The van der Waals surface area contributed by atoms with Crippen molar-refractivity contribution >= 4 is 11.6 Å². The van der Waals surface area contributed by atoms with Crippen molar-refractivity contribution in [2.45, 2.75) is 44.7 Å². The first-order valence-corrected chi connectivity index (χ1v) is 7.85. The van der Waals surface area contributed by atoms with E-state index in [9.17, 15) is 19.7 Å². The highest BCUT2D eigenvalue weighted by molar-refractivity contribution is 5.76. The van der Waals surface area contributed by atoms with E-state index in [0.717, 1.165) is 48.6 Å². The van der Waals surface area contributed by atoms with E-state index in [-0.39, 0.29) is 24.2 Å². The minimum atomic E-state index is -0.599. The van der Waals surface area contributed by atoms with Crippen molar-refractivity contribution in [2.75, 3.05) is 6.54 Å². The second-order valence-electron chi connectivity index (χ2n) is 5.92. The van der Waals surface area contributed by atoms with E-state index in [0.29, 0.717) is 12.5 Å². The van der Waals surface area contributed by atoms with Gasteiger partial charge in [0.2, 0.25) is 5.91 Å². The fourth-order valence-corrected chi connectivity index (χ4v) is 3.06. The highest BCUT2D eigenvalue weighted by Crippen LogP contribution is 2.26. The number of nitrogens with one attached hydrogen (secondary N) is 1. The van der Waals surface area contributed by atoms with Gasteiger partial charge in [-0.3, -0.25) is 24.3 Å². The maximum absolute atomic E-state index is 12.2. The molecule has 1 aliphatic carbocycles. The molecule has 8 nitrogen and oxygen atoms in total. The molecule has 0 spiro atoms. The molecule has 3 N–H and O–H groups in total. The standard InChI is InChI=1S/C15H22N4O4/c16-8-13(11-4-2-1-3-5-11)17-14(20)10-18-9-12(19(22)23)6-7-15(18)21/h6-7,9,11,13H,1-5,8,10,16H2,(H,17,20). The SMILES string of the molecule is NCC(NC(=O)Cn1cc([N+](=O)[O-])ccc1=O)C1CCCCC1. The molecule has 1 atom stereocenters. The Balaban J connectivity index is 2.02. The van der Waals surface area contributed by atoms with Crippen molar-refractivity contribution in [3.05, 3.63) is 38.8 Å². The first-order valence-electron chi connectivity index (χ1n) is 7.85. The number of nitro groups is 1. The van der Waals surface area contributed by atoms with E-state index in [1.165, 1.54) is 6.42 Å². The number of amides is 1. The Morgan fingerprint density at radius 1 is 1.39 bits per heavy atom. The van der Waals surface area contributed by atoms with Gasteiger partial charge in [0.25, 0.3) is 11.2 Å². The largest absolute Gasteiger partial charge is 0.350 e. The van der Waals surface area contributed by atoms with Crippen LogP contribution in [-0.4, -0.2) is 28.0 Å². The minimum absolute atomic E-state index is 0.114. The molecule has 0 aliphatic heterocycles. The van der Waals surface area contributed by atoms with E-state index in [4.69, 9.17) is 5.73 Å². The average molecular weight is 322 g/mol. The predicted octanol–water partition coefficient (Wildman–Crippen LogP) is 0.780. The van der Waals surface area contributed by atoms with Gasteiger partial charge in [0.15, 0.2) is 0 Å². The van der Waals surface area contributed by atoms with Crippen LogP contribution in [0.4, 0.5) is 5.69 Å². The van der Waals surface area contributed by atoms with Crippen molar-refractivity contribution in [2.24, 2.45) is 11.7 Å². The maximum atomic E-state index is 12.2. The number of aromatic nitrogens is 1. The van der Waals surface area contributed by atoms with Gasteiger partial charge < -0.3 is 11.1 Å². The topological polar surface area (TPSA) is 120 Å². The van der Waals surface area contributed by atoms with Gasteiger partial charge in [0.1, 0.15) is 6.54 Å². The van der Waals surface area contributed by atoms with E-state index in [2.05, 4.69) is 5.32 Å². The second kappa shape index (κ2) is 7.87. The van der Waals surface area contributed by atoms with E-state index in [1.54, 1.807) is 0 Å². The van der Waals surface area contributed by atoms with Crippen LogP contribution in [-0.2, 0) is 11.3 Å². The zero-order valence-electron chi connectivity index (χ0n) is 12.9. The van der Waals surface area contributed by atoms with Crippen LogP contribution in [0.5, 0.6) is 0 Å². The Kier molecular flexibility index (Phi) is 5.86. The summed E-state index contributed by atoms with van der Waals surface area (Å²) < 4.78 is 1.04. The minimum Gasteiger partial charge on any atom is -0.350 e. The molecule has 2 rings (SSSR count). The lowest BCUT2D eigenvalue weighted by Crippen LogP contribution is -2.47. The van der Waals surface area contributed by atoms with Crippen LogP contribution in [0.15, 0.2) is 23.1 Å². The Labute approximate surface area is 133 Å². The monoisotopic (exact) mass is 322 g/mol. The van der Waals surface area contributed by atoms with Gasteiger partial charge in [-0.25, -0.2) is 0 Å². The molecule has 1 unspecified atom stereocenters. The molecule has 1 aliphatic rings. The van der Waals surface area contributed by atoms with Crippen LogP contribution >= 0.6 is 0 Å². The number of carbonyl (C=O) groups excluding carboxylic acids is 1. The number of hydrogen-bond acceptors (Lipinski definition) is 5. The highest BCUT2D eigenvalue weighted by atomic mass is 16.6. The number of nitrogens with two attached hydrogens (primary N) is 1. The van der Waals surface area contributed by atoms with E-state index >= 15 is 0 Å². The third-order valence-corrected chi connectivity index (χ3v) is 4.31.